The molecule has 2 aliphatic rings. The third-order valence-corrected chi connectivity index (χ3v) is 11.5. The quantitative estimate of drug-likeness (QED) is 0.0541. The Labute approximate surface area is 394 Å². The highest BCUT2D eigenvalue weighted by atomic mass is 32.1. The van der Waals surface area contributed by atoms with Crippen LogP contribution in [-0.2, 0) is 0 Å². The highest BCUT2D eigenvalue weighted by Gasteiger charge is 2.23. The number of aromatic nitrogens is 4. The van der Waals surface area contributed by atoms with Gasteiger partial charge in [-0.1, -0.05) is 72.8 Å². The fourth-order valence-electron chi connectivity index (χ4n) is 8.16. The van der Waals surface area contributed by atoms with E-state index in [0.29, 0.717) is 49.4 Å². The first-order valence-corrected chi connectivity index (χ1v) is 23.6. The number of H-pyrrole nitrogens is 2. The Morgan fingerprint density at radius 2 is 0.562 bits per heavy atom. The standard InChI is InChI=1S/C52H46N4O4S4/c61-29-25-57-45-13-5-1-9-33(45)49-37-17-19-39(53-37)50(34-10-2-6-14-46(34)58-26-30-62)41-21-23-43(55-41)52(36-12-4-8-16-48(36)60-28-32-64)44-24-22-42(56-44)51(40-20-18-38(49)54-40)35-11-3-7-15-47(35)59-27-31-63/h1-24,53,56,61-64H,25-32H2. The van der Waals surface area contributed by atoms with Crippen LogP contribution < -0.4 is 18.9 Å². The Kier molecular flexibility index (Phi) is 13.7. The van der Waals surface area contributed by atoms with Crippen LogP contribution in [0.2, 0.25) is 0 Å². The molecular formula is C52H46N4O4S4. The Hall–Kier alpha value is -5.92. The van der Waals surface area contributed by atoms with E-state index in [1.54, 1.807) is 0 Å². The van der Waals surface area contributed by atoms with Gasteiger partial charge in [-0.25, -0.2) is 9.97 Å². The maximum Gasteiger partial charge on any atom is 0.127 e. The predicted octanol–water partition coefficient (Wildman–Crippen LogP) is 12.6. The first kappa shape index (κ1) is 43.3. The van der Waals surface area contributed by atoms with Gasteiger partial charge in [-0.05, 0) is 72.8 Å². The van der Waals surface area contributed by atoms with Crippen molar-refractivity contribution in [3.05, 3.63) is 144 Å². The molecule has 8 nitrogen and oxygen atoms in total. The highest BCUT2D eigenvalue weighted by Crippen LogP contribution is 2.44. The van der Waals surface area contributed by atoms with Gasteiger partial charge in [0.15, 0.2) is 0 Å². The Morgan fingerprint density at radius 1 is 0.328 bits per heavy atom. The van der Waals surface area contributed by atoms with Crippen LogP contribution in [0.25, 0.3) is 90.9 Å². The molecule has 0 radical (unpaired) electrons. The summed E-state index contributed by atoms with van der Waals surface area (Å²) in [6, 6.07) is 40.7. The van der Waals surface area contributed by atoms with E-state index in [4.69, 9.17) is 28.9 Å². The molecule has 0 unspecified atom stereocenters. The molecule has 0 atom stereocenters. The first-order valence-electron chi connectivity index (χ1n) is 21.1. The molecule has 0 spiro atoms. The van der Waals surface area contributed by atoms with Crippen LogP contribution in [0, 0.1) is 0 Å². The number of fused-ring (bicyclic) bond motifs is 8. The Bertz CT molecular complexity index is 2650. The summed E-state index contributed by atoms with van der Waals surface area (Å²) in [6.07, 6.45) is 8.29. The Morgan fingerprint density at radius 3 is 0.797 bits per heavy atom. The summed E-state index contributed by atoms with van der Waals surface area (Å²) in [6.45, 7) is 1.76. The van der Waals surface area contributed by atoms with Gasteiger partial charge in [0.05, 0.1) is 49.2 Å². The van der Waals surface area contributed by atoms with Gasteiger partial charge in [-0.3, -0.25) is 0 Å². The zero-order valence-electron chi connectivity index (χ0n) is 34.8. The topological polar surface area (TPSA) is 94.3 Å². The third-order valence-electron chi connectivity index (χ3n) is 10.8. The molecule has 0 saturated carbocycles. The van der Waals surface area contributed by atoms with Crippen molar-refractivity contribution in [3.63, 3.8) is 0 Å². The Balaban J connectivity index is 1.46. The lowest BCUT2D eigenvalue weighted by Crippen LogP contribution is -2.01. The van der Waals surface area contributed by atoms with E-state index in [2.05, 4.69) is 133 Å². The average molecular weight is 919 g/mol. The number of aromatic amines is 2. The van der Waals surface area contributed by atoms with Crippen LogP contribution in [0.1, 0.15) is 22.8 Å². The summed E-state index contributed by atoms with van der Waals surface area (Å²) in [5.41, 5.74) is 13.4. The third kappa shape index (κ3) is 8.92. The minimum atomic E-state index is 0.440. The summed E-state index contributed by atoms with van der Waals surface area (Å²) in [5, 5.41) is 0. The molecule has 12 heteroatoms. The van der Waals surface area contributed by atoms with E-state index in [-0.39, 0.29) is 0 Å². The van der Waals surface area contributed by atoms with Crippen molar-refractivity contribution in [1.29, 1.82) is 0 Å². The minimum Gasteiger partial charge on any atom is -0.492 e. The molecule has 7 aromatic rings. The van der Waals surface area contributed by atoms with Crippen molar-refractivity contribution in [1.82, 2.24) is 19.9 Å². The van der Waals surface area contributed by atoms with Crippen molar-refractivity contribution in [2.24, 2.45) is 0 Å². The van der Waals surface area contributed by atoms with Gasteiger partial charge in [0.1, 0.15) is 23.0 Å². The van der Waals surface area contributed by atoms with E-state index in [0.717, 1.165) is 112 Å². The lowest BCUT2D eigenvalue weighted by molar-refractivity contribution is 0.345. The normalized spacial score (nSPS) is 11.8. The van der Waals surface area contributed by atoms with Gasteiger partial charge in [0.2, 0.25) is 0 Å². The van der Waals surface area contributed by atoms with Gasteiger partial charge in [0, 0.05) is 89.6 Å². The van der Waals surface area contributed by atoms with E-state index in [1.807, 2.05) is 72.8 Å². The second-order valence-corrected chi connectivity index (χ2v) is 16.6. The fourth-order valence-corrected chi connectivity index (χ4v) is 8.52. The molecule has 0 fully saturated rings. The largest absolute Gasteiger partial charge is 0.492 e. The fraction of sp³-hybridized carbons (Fsp3) is 0.154. The summed E-state index contributed by atoms with van der Waals surface area (Å²) < 4.78 is 25.4. The van der Waals surface area contributed by atoms with Gasteiger partial charge < -0.3 is 28.9 Å². The van der Waals surface area contributed by atoms with Crippen molar-refractivity contribution in [2.75, 3.05) is 49.4 Å². The first-order chi connectivity index (χ1) is 31.6. The molecule has 322 valence electrons. The van der Waals surface area contributed by atoms with Crippen LogP contribution in [0.5, 0.6) is 23.0 Å². The van der Waals surface area contributed by atoms with E-state index < -0.39 is 0 Å². The van der Waals surface area contributed by atoms with Crippen molar-refractivity contribution < 1.29 is 18.9 Å². The molecule has 0 amide bonds. The van der Waals surface area contributed by atoms with Crippen LogP contribution in [0.3, 0.4) is 0 Å². The van der Waals surface area contributed by atoms with Crippen LogP contribution in [0.4, 0.5) is 0 Å². The number of thiol groups is 4. The smallest absolute Gasteiger partial charge is 0.127 e. The summed E-state index contributed by atoms with van der Waals surface area (Å²) in [7, 11) is 0. The number of benzene rings is 4. The molecule has 9 rings (SSSR count). The van der Waals surface area contributed by atoms with E-state index >= 15 is 0 Å². The zero-order valence-corrected chi connectivity index (χ0v) is 38.4. The molecule has 0 aliphatic carbocycles. The molecule has 64 heavy (non-hydrogen) atoms. The molecule has 3 aromatic heterocycles. The van der Waals surface area contributed by atoms with Crippen molar-refractivity contribution in [2.45, 2.75) is 0 Å². The molecule has 2 aliphatic heterocycles. The second-order valence-electron chi connectivity index (χ2n) is 14.8. The lowest BCUT2D eigenvalue weighted by atomic mass is 10.0. The number of nitrogens with one attached hydrogen (secondary N) is 2. The van der Waals surface area contributed by atoms with Gasteiger partial charge in [-0.2, -0.15) is 50.5 Å². The summed E-state index contributed by atoms with van der Waals surface area (Å²) in [4.78, 5) is 18.7. The number of para-hydroxylation sites is 4. The monoisotopic (exact) mass is 918 g/mol. The van der Waals surface area contributed by atoms with Crippen molar-refractivity contribution in [3.8, 4) is 67.5 Å². The lowest BCUT2D eigenvalue weighted by Gasteiger charge is -2.13. The molecular weight excluding hydrogens is 873 g/mol. The van der Waals surface area contributed by atoms with Gasteiger partial charge >= 0.3 is 0 Å². The number of rotatable bonds is 16. The van der Waals surface area contributed by atoms with Crippen LogP contribution >= 0.6 is 50.5 Å². The number of hydrogen-bond acceptors (Lipinski definition) is 10. The predicted molar refractivity (Wildman–Crippen MR) is 278 cm³/mol. The maximum atomic E-state index is 6.35. The van der Waals surface area contributed by atoms with Crippen LogP contribution in [0.15, 0.2) is 121 Å². The van der Waals surface area contributed by atoms with E-state index in [9.17, 15) is 0 Å². The molecule has 5 heterocycles. The summed E-state index contributed by atoms with van der Waals surface area (Å²) >= 11 is 17.9. The zero-order chi connectivity index (χ0) is 43.8. The molecule has 4 aromatic carbocycles. The molecule has 0 saturated heterocycles. The SMILES string of the molecule is SCCOc1ccccc1-c1c2nc(c(-c3ccccc3OCCS)c3ccc([nH]3)c(-c3ccccc3OCCS)c3nc(c(-c4ccccc4OCCS)c4ccc1[nH]4)C=C3)C=C2. The van der Waals surface area contributed by atoms with Crippen molar-refractivity contribution >= 4 is 96.9 Å². The number of hydrogen-bond donors (Lipinski definition) is 6. The summed E-state index contributed by atoms with van der Waals surface area (Å²) in [5.74, 6) is 5.16. The molecule has 8 bridgehead atoms. The highest BCUT2D eigenvalue weighted by molar-refractivity contribution is 7.80. The number of ether oxygens (including phenoxy) is 4. The molecule has 2 N–H and O–H groups in total. The van der Waals surface area contributed by atoms with E-state index in [1.165, 1.54) is 0 Å². The number of nitrogens with zero attached hydrogens (tertiary/aromatic N) is 2. The van der Waals surface area contributed by atoms with Gasteiger partial charge in [0.25, 0.3) is 0 Å². The van der Waals surface area contributed by atoms with Gasteiger partial charge in [-0.15, -0.1) is 0 Å². The van der Waals surface area contributed by atoms with Crippen LogP contribution in [-0.4, -0.2) is 69.4 Å². The maximum absolute atomic E-state index is 6.35. The second kappa shape index (κ2) is 20.3. The minimum absolute atomic E-state index is 0.440. The average Bonchev–Trinajstić information content (AvgIpc) is 4.19.